The molecule has 4 rings (SSSR count). The number of rotatable bonds is 3. The largest absolute Gasteiger partial charge is 0.378 e. The molecule has 2 aliphatic rings. The Balaban J connectivity index is 1.55. The number of fused-ring (bicyclic) bond motifs is 1. The van der Waals surface area contributed by atoms with E-state index < -0.39 is 0 Å². The second-order valence-corrected chi connectivity index (χ2v) is 7.07. The topological polar surface area (TPSA) is 54.5 Å². The van der Waals surface area contributed by atoms with Crippen LogP contribution >= 0.6 is 0 Å². The smallest absolute Gasteiger partial charge is 0.244 e. The molecule has 0 radical (unpaired) electrons. The molecule has 0 spiro atoms. The molecule has 1 aliphatic carbocycles. The van der Waals surface area contributed by atoms with Gasteiger partial charge in [0.05, 0.1) is 30.1 Å². The monoisotopic (exact) mass is 339 g/mol. The quantitative estimate of drug-likeness (QED) is 0.933. The maximum Gasteiger partial charge on any atom is 0.244 e. The number of aryl methyl sites for hydroxylation is 1. The van der Waals surface area contributed by atoms with Gasteiger partial charge in [0.2, 0.25) is 5.91 Å². The maximum absolute atomic E-state index is 13.0. The molecule has 1 atom stereocenters. The lowest BCUT2D eigenvalue weighted by atomic mass is 10.1. The number of para-hydroxylation sites is 1. The van der Waals surface area contributed by atoms with E-state index in [9.17, 15) is 4.79 Å². The third-order valence-electron chi connectivity index (χ3n) is 5.44. The second-order valence-electron chi connectivity index (χ2n) is 7.07. The molecule has 5 nitrogen and oxygen atoms in total. The van der Waals surface area contributed by atoms with Crippen LogP contribution in [0.25, 0.3) is 10.9 Å². The second kappa shape index (κ2) is 7.10. The number of carbonyl (C=O) groups is 1. The molecular formula is C20H25N3O2. The summed E-state index contributed by atoms with van der Waals surface area (Å²) < 4.78 is 5.61. The molecule has 1 N–H and O–H groups in total. The first kappa shape index (κ1) is 16.5. The minimum absolute atomic E-state index is 0.0202. The molecular weight excluding hydrogens is 314 g/mol. The molecule has 25 heavy (non-hydrogen) atoms. The normalized spacial score (nSPS) is 22.4. The Labute approximate surface area is 148 Å². The van der Waals surface area contributed by atoms with Gasteiger partial charge in [-0.1, -0.05) is 31.0 Å². The van der Waals surface area contributed by atoms with Crippen LogP contribution in [0.1, 0.15) is 31.4 Å². The zero-order valence-corrected chi connectivity index (χ0v) is 14.7. The predicted octanol–water partition coefficient (Wildman–Crippen LogP) is 3.13. The zero-order valence-electron chi connectivity index (χ0n) is 14.7. The molecule has 5 heteroatoms. The number of anilines is 1. The van der Waals surface area contributed by atoms with Gasteiger partial charge in [-0.15, -0.1) is 0 Å². The summed E-state index contributed by atoms with van der Waals surface area (Å²) in [7, 11) is 0. The Bertz CT molecular complexity index is 771. The highest BCUT2D eigenvalue weighted by Gasteiger charge is 2.35. The van der Waals surface area contributed by atoms with Gasteiger partial charge >= 0.3 is 0 Å². The molecule has 1 amide bonds. The first-order valence-corrected chi connectivity index (χ1v) is 9.23. The molecule has 0 unspecified atom stereocenters. The third kappa shape index (κ3) is 3.39. The van der Waals surface area contributed by atoms with Crippen LogP contribution in [-0.4, -0.2) is 47.6 Å². The Morgan fingerprint density at radius 3 is 2.92 bits per heavy atom. The van der Waals surface area contributed by atoms with E-state index in [-0.39, 0.29) is 11.9 Å². The van der Waals surface area contributed by atoms with Gasteiger partial charge in [0, 0.05) is 18.0 Å². The SMILES string of the molecule is Cc1nc2ccccc2cc1NC(=O)[C@@H]1COCCN1C1CCCC1. The fourth-order valence-corrected chi connectivity index (χ4v) is 4.07. The van der Waals surface area contributed by atoms with Crippen molar-refractivity contribution >= 4 is 22.5 Å². The predicted molar refractivity (Wildman–Crippen MR) is 98.7 cm³/mol. The van der Waals surface area contributed by atoms with Crippen LogP contribution in [0.2, 0.25) is 0 Å². The van der Waals surface area contributed by atoms with E-state index in [4.69, 9.17) is 4.74 Å². The van der Waals surface area contributed by atoms with E-state index in [1.807, 2.05) is 37.3 Å². The number of nitrogens with zero attached hydrogens (tertiary/aromatic N) is 2. The molecule has 1 aromatic carbocycles. The van der Waals surface area contributed by atoms with Gasteiger partial charge in [-0.2, -0.15) is 0 Å². The van der Waals surface area contributed by atoms with Crippen LogP contribution in [0, 0.1) is 6.92 Å². The van der Waals surface area contributed by atoms with E-state index >= 15 is 0 Å². The number of pyridine rings is 1. The molecule has 2 fully saturated rings. The number of aromatic nitrogens is 1. The number of hydrogen-bond donors (Lipinski definition) is 1. The van der Waals surface area contributed by atoms with Gasteiger partial charge in [-0.3, -0.25) is 14.7 Å². The van der Waals surface area contributed by atoms with Crippen LogP contribution in [-0.2, 0) is 9.53 Å². The van der Waals surface area contributed by atoms with Gasteiger partial charge in [0.25, 0.3) is 0 Å². The first-order valence-electron chi connectivity index (χ1n) is 9.23. The highest BCUT2D eigenvalue weighted by molar-refractivity contribution is 5.97. The fraction of sp³-hybridized carbons (Fsp3) is 0.500. The van der Waals surface area contributed by atoms with E-state index in [2.05, 4.69) is 15.2 Å². The van der Waals surface area contributed by atoms with Gasteiger partial charge in [0.1, 0.15) is 6.04 Å². The Hall–Kier alpha value is -1.98. The molecule has 1 aromatic heterocycles. The molecule has 1 aliphatic heterocycles. The lowest BCUT2D eigenvalue weighted by molar-refractivity contribution is -0.129. The van der Waals surface area contributed by atoms with Crippen LogP contribution in [0.15, 0.2) is 30.3 Å². The lowest BCUT2D eigenvalue weighted by Gasteiger charge is -2.38. The van der Waals surface area contributed by atoms with Crippen LogP contribution in [0.3, 0.4) is 0 Å². The summed E-state index contributed by atoms with van der Waals surface area (Å²) >= 11 is 0. The van der Waals surface area contributed by atoms with Gasteiger partial charge in [0.15, 0.2) is 0 Å². The van der Waals surface area contributed by atoms with Crippen LogP contribution in [0.5, 0.6) is 0 Å². The molecule has 1 saturated carbocycles. The highest BCUT2D eigenvalue weighted by Crippen LogP contribution is 2.27. The van der Waals surface area contributed by atoms with E-state index in [0.717, 1.165) is 35.4 Å². The molecule has 1 saturated heterocycles. The summed E-state index contributed by atoms with van der Waals surface area (Å²) in [5.74, 6) is 0.0202. The molecule has 2 heterocycles. The zero-order chi connectivity index (χ0) is 17.2. The Morgan fingerprint density at radius 1 is 1.28 bits per heavy atom. The van der Waals surface area contributed by atoms with E-state index in [1.165, 1.54) is 25.7 Å². The van der Waals surface area contributed by atoms with Crippen molar-refractivity contribution in [1.29, 1.82) is 0 Å². The summed E-state index contributed by atoms with van der Waals surface area (Å²) in [5, 5.41) is 4.14. The average molecular weight is 339 g/mol. The summed E-state index contributed by atoms with van der Waals surface area (Å²) in [6.45, 7) is 3.98. The van der Waals surface area contributed by atoms with E-state index in [0.29, 0.717) is 12.6 Å². The summed E-state index contributed by atoms with van der Waals surface area (Å²) in [5.41, 5.74) is 2.59. The first-order chi connectivity index (χ1) is 12.2. The number of morpholine rings is 1. The van der Waals surface area contributed by atoms with Crippen molar-refractivity contribution in [3.63, 3.8) is 0 Å². The van der Waals surface area contributed by atoms with Crippen molar-refractivity contribution < 1.29 is 9.53 Å². The maximum atomic E-state index is 13.0. The van der Waals surface area contributed by atoms with Gasteiger partial charge in [-0.25, -0.2) is 0 Å². The number of hydrogen-bond acceptors (Lipinski definition) is 4. The van der Waals surface area contributed by atoms with Crippen molar-refractivity contribution in [2.45, 2.75) is 44.7 Å². The van der Waals surface area contributed by atoms with Gasteiger partial charge < -0.3 is 10.1 Å². The fourth-order valence-electron chi connectivity index (χ4n) is 4.07. The molecule has 132 valence electrons. The molecule has 0 bridgehead atoms. The van der Waals surface area contributed by atoms with Crippen LogP contribution < -0.4 is 5.32 Å². The van der Waals surface area contributed by atoms with Crippen molar-refractivity contribution in [1.82, 2.24) is 9.88 Å². The Kier molecular flexibility index (Phi) is 4.68. The van der Waals surface area contributed by atoms with Crippen molar-refractivity contribution in [3.8, 4) is 0 Å². The van der Waals surface area contributed by atoms with Crippen molar-refractivity contribution in [2.75, 3.05) is 25.1 Å². The van der Waals surface area contributed by atoms with Crippen molar-refractivity contribution in [3.05, 3.63) is 36.0 Å². The average Bonchev–Trinajstić information content (AvgIpc) is 3.17. The summed E-state index contributed by atoms with van der Waals surface area (Å²) in [4.78, 5) is 19.9. The minimum Gasteiger partial charge on any atom is -0.378 e. The number of carbonyl (C=O) groups excluding carboxylic acids is 1. The van der Waals surface area contributed by atoms with Crippen molar-refractivity contribution in [2.24, 2.45) is 0 Å². The molecule has 2 aromatic rings. The standard InChI is InChI=1S/C20H25N3O2/c1-14-18(12-15-6-2-5-9-17(15)21-14)22-20(24)19-13-25-11-10-23(19)16-7-3-4-8-16/h2,5-6,9,12,16,19H,3-4,7-8,10-11,13H2,1H3,(H,22,24)/t19-/m0/s1. The number of amides is 1. The summed E-state index contributed by atoms with van der Waals surface area (Å²) in [6, 6.07) is 10.3. The Morgan fingerprint density at radius 2 is 2.08 bits per heavy atom. The van der Waals surface area contributed by atoms with Crippen LogP contribution in [0.4, 0.5) is 5.69 Å². The lowest BCUT2D eigenvalue weighted by Crippen LogP contribution is -2.55. The minimum atomic E-state index is -0.206. The third-order valence-corrected chi connectivity index (χ3v) is 5.44. The number of nitrogens with one attached hydrogen (secondary N) is 1. The number of ether oxygens (including phenoxy) is 1. The highest BCUT2D eigenvalue weighted by atomic mass is 16.5. The van der Waals surface area contributed by atoms with Gasteiger partial charge in [-0.05, 0) is 31.9 Å². The summed E-state index contributed by atoms with van der Waals surface area (Å²) in [6.07, 6.45) is 4.93. The number of benzene rings is 1. The van der Waals surface area contributed by atoms with E-state index in [1.54, 1.807) is 0 Å².